The Hall–Kier alpha value is -2.74. The molecule has 266 valence electrons. The van der Waals surface area contributed by atoms with E-state index in [9.17, 15) is 10.2 Å². The van der Waals surface area contributed by atoms with Crippen LogP contribution in [0.15, 0.2) is 48.5 Å². The first-order valence-electron chi connectivity index (χ1n) is 18.3. The lowest BCUT2D eigenvalue weighted by Gasteiger charge is -2.34. The minimum absolute atomic E-state index is 0.00304. The number of phenolic OH excluding ortho intramolecular Hbond substituents is 2. The smallest absolute Gasteiger partial charge is 0.123 e. The largest absolute Gasteiger partial charge is 0.507 e. The van der Waals surface area contributed by atoms with Crippen LogP contribution in [0.1, 0.15) is 194 Å². The molecule has 2 atom stereocenters. The first kappa shape index (κ1) is 39.7. The van der Waals surface area contributed by atoms with Crippen LogP contribution < -0.4 is 0 Å². The second-order valence-electron chi connectivity index (χ2n) is 21.2. The van der Waals surface area contributed by atoms with Crippen molar-refractivity contribution in [2.24, 2.45) is 10.8 Å². The van der Waals surface area contributed by atoms with Gasteiger partial charge in [0.25, 0.3) is 0 Å². The quantitative estimate of drug-likeness (QED) is 0.278. The maximum atomic E-state index is 12.1. The lowest BCUT2D eigenvalue weighted by molar-refractivity contribution is 0.348. The summed E-state index contributed by atoms with van der Waals surface area (Å²) in [4.78, 5) is 0. The number of hydrogen-bond donors (Lipinski definition) is 2. The minimum atomic E-state index is -0.202. The number of hydrogen-bond acceptors (Lipinski definition) is 2. The molecule has 0 bridgehead atoms. The van der Waals surface area contributed by atoms with E-state index in [-0.39, 0.29) is 44.3 Å². The van der Waals surface area contributed by atoms with Gasteiger partial charge in [-0.2, -0.15) is 0 Å². The van der Waals surface area contributed by atoms with Gasteiger partial charge < -0.3 is 10.2 Å². The average molecular weight is 655 g/mol. The molecule has 0 fully saturated rings. The molecule has 0 amide bonds. The fourth-order valence-electron chi connectivity index (χ4n) is 6.89. The van der Waals surface area contributed by atoms with Gasteiger partial charge in [0.1, 0.15) is 11.5 Å². The van der Waals surface area contributed by atoms with Crippen molar-refractivity contribution in [1.29, 1.82) is 0 Å². The zero-order valence-corrected chi connectivity index (χ0v) is 34.1. The van der Waals surface area contributed by atoms with Gasteiger partial charge in [-0.15, -0.1) is 0 Å². The monoisotopic (exact) mass is 655 g/mol. The summed E-state index contributed by atoms with van der Waals surface area (Å²) in [6.45, 7) is 40.5. The topological polar surface area (TPSA) is 40.5 Å². The highest BCUT2D eigenvalue weighted by molar-refractivity contribution is 5.55. The third-order valence-electron chi connectivity index (χ3n) is 9.73. The maximum absolute atomic E-state index is 12.1. The van der Waals surface area contributed by atoms with Crippen LogP contribution >= 0.6 is 0 Å². The molecule has 0 heterocycles. The Balaban J connectivity index is 2.42. The van der Waals surface area contributed by atoms with E-state index in [0.29, 0.717) is 11.5 Å². The summed E-state index contributed by atoms with van der Waals surface area (Å²) in [7, 11) is 0. The normalized spacial score (nSPS) is 15.0. The molecule has 0 aliphatic heterocycles. The van der Waals surface area contributed by atoms with Gasteiger partial charge in [-0.25, -0.2) is 0 Å². The second-order valence-corrected chi connectivity index (χ2v) is 21.2. The Kier molecular flexibility index (Phi) is 10.9. The average Bonchev–Trinajstić information content (AvgIpc) is 2.87. The molecule has 2 heteroatoms. The molecule has 0 saturated heterocycles. The van der Waals surface area contributed by atoms with Crippen LogP contribution in [0.25, 0.3) is 0 Å². The van der Waals surface area contributed by atoms with E-state index >= 15 is 0 Å². The molecule has 0 aliphatic carbocycles. The number of aromatic hydroxyl groups is 2. The van der Waals surface area contributed by atoms with E-state index in [1.165, 1.54) is 22.3 Å². The molecule has 2 nitrogen and oxygen atoms in total. The van der Waals surface area contributed by atoms with Crippen LogP contribution in [0.5, 0.6) is 11.5 Å². The number of rotatable bonds is 6. The van der Waals surface area contributed by atoms with E-state index in [1.54, 1.807) is 0 Å². The minimum Gasteiger partial charge on any atom is -0.507 e. The summed E-state index contributed by atoms with van der Waals surface area (Å²) in [6, 6.07) is 18.1. The first-order chi connectivity index (χ1) is 21.4. The van der Waals surface area contributed by atoms with Crippen molar-refractivity contribution in [1.82, 2.24) is 0 Å². The molecular weight excluding hydrogens is 585 g/mol. The predicted molar refractivity (Wildman–Crippen MR) is 209 cm³/mol. The summed E-state index contributed by atoms with van der Waals surface area (Å²) < 4.78 is 0. The van der Waals surface area contributed by atoms with E-state index in [2.05, 4.69) is 173 Å². The molecule has 0 radical (unpaired) electrons. The zero-order chi connectivity index (χ0) is 37.0. The van der Waals surface area contributed by atoms with Crippen molar-refractivity contribution in [3.05, 3.63) is 93.0 Å². The van der Waals surface area contributed by atoms with Crippen LogP contribution in [0, 0.1) is 10.8 Å². The van der Waals surface area contributed by atoms with E-state index in [0.717, 1.165) is 35.1 Å². The molecule has 48 heavy (non-hydrogen) atoms. The summed E-state index contributed by atoms with van der Waals surface area (Å²) in [5.74, 6) is 0.852. The molecule has 2 N–H and O–H groups in total. The van der Waals surface area contributed by atoms with Crippen molar-refractivity contribution >= 4 is 0 Å². The molecule has 0 aromatic heterocycles. The Labute approximate surface area is 295 Å². The van der Waals surface area contributed by atoms with Crippen LogP contribution in [0.3, 0.4) is 0 Å². The molecule has 3 rings (SSSR count). The molecular formula is C46H70O2. The van der Waals surface area contributed by atoms with Crippen LogP contribution in [0.4, 0.5) is 0 Å². The number of phenols is 2. The van der Waals surface area contributed by atoms with E-state index in [4.69, 9.17) is 0 Å². The lowest BCUT2D eigenvalue weighted by Crippen LogP contribution is -2.21. The van der Waals surface area contributed by atoms with Gasteiger partial charge in [-0.3, -0.25) is 0 Å². The third kappa shape index (κ3) is 9.70. The maximum Gasteiger partial charge on any atom is 0.123 e. The van der Waals surface area contributed by atoms with E-state index in [1.807, 2.05) is 0 Å². The molecule has 3 aromatic rings. The molecule has 3 aromatic carbocycles. The Morgan fingerprint density at radius 2 is 0.750 bits per heavy atom. The second kappa shape index (κ2) is 13.2. The van der Waals surface area contributed by atoms with Gasteiger partial charge in [0.15, 0.2) is 0 Å². The molecule has 0 aliphatic rings. The van der Waals surface area contributed by atoms with Crippen molar-refractivity contribution in [3.8, 4) is 11.5 Å². The van der Waals surface area contributed by atoms with Crippen molar-refractivity contribution in [2.45, 2.75) is 171 Å². The summed E-state index contributed by atoms with van der Waals surface area (Å²) in [6.07, 6.45) is 1.79. The lowest BCUT2D eigenvalue weighted by atomic mass is 9.71. The standard InChI is InChI=1S/C46H70O2/c1-41(2,3)27-35(33-23-31(43(7,8)9)25-37(39(33)47)45(13,14)15)29-20-19-21-30(22-29)36(28-42(4,5)6)34-24-32(44(10,11)12)26-38(40(34)48)46(16,17)18/h19-26,35-36,47-48H,27-28H2,1-18H3. The van der Waals surface area contributed by atoms with Gasteiger partial charge >= 0.3 is 0 Å². The van der Waals surface area contributed by atoms with E-state index < -0.39 is 0 Å². The van der Waals surface area contributed by atoms with Gasteiger partial charge in [-0.05, 0) is 78.7 Å². The summed E-state index contributed by atoms with van der Waals surface area (Å²) >= 11 is 0. The third-order valence-corrected chi connectivity index (χ3v) is 9.73. The molecule has 0 spiro atoms. The van der Waals surface area contributed by atoms with Gasteiger partial charge in [0.05, 0.1) is 0 Å². The Morgan fingerprint density at radius 1 is 0.438 bits per heavy atom. The van der Waals surface area contributed by atoms with Crippen molar-refractivity contribution in [2.75, 3.05) is 0 Å². The Bertz CT molecular complexity index is 1460. The SMILES string of the molecule is CC(C)(C)CC(c1cccc(C(CC(C)(C)C)c2cc(C(C)(C)C)cc(C(C)(C)C)c2O)c1)c1cc(C(C)(C)C)cc(C(C)(C)C)c1O. The van der Waals surface area contributed by atoms with Crippen molar-refractivity contribution in [3.63, 3.8) is 0 Å². The first-order valence-corrected chi connectivity index (χ1v) is 18.3. The van der Waals surface area contributed by atoms with Gasteiger partial charge in [0.2, 0.25) is 0 Å². The molecule has 2 unspecified atom stereocenters. The number of benzene rings is 3. The summed E-state index contributed by atoms with van der Waals surface area (Å²) in [5, 5.41) is 24.1. The van der Waals surface area contributed by atoms with Crippen LogP contribution in [0.2, 0.25) is 0 Å². The van der Waals surface area contributed by atoms with Crippen LogP contribution in [-0.4, -0.2) is 10.2 Å². The van der Waals surface area contributed by atoms with Gasteiger partial charge in [-0.1, -0.05) is 173 Å². The van der Waals surface area contributed by atoms with Crippen molar-refractivity contribution < 1.29 is 10.2 Å². The molecule has 0 saturated carbocycles. The zero-order valence-electron chi connectivity index (χ0n) is 34.1. The highest BCUT2D eigenvalue weighted by atomic mass is 16.3. The van der Waals surface area contributed by atoms with Gasteiger partial charge in [0, 0.05) is 23.0 Å². The summed E-state index contributed by atoms with van der Waals surface area (Å²) in [5.41, 5.74) is 8.49. The van der Waals surface area contributed by atoms with Crippen LogP contribution in [-0.2, 0) is 21.7 Å². The highest BCUT2D eigenvalue weighted by Gasteiger charge is 2.33. The predicted octanol–water partition coefficient (Wildman–Crippen LogP) is 13.4. The fourth-order valence-corrected chi connectivity index (χ4v) is 6.89. The Morgan fingerprint density at radius 3 is 1.00 bits per heavy atom. The fraction of sp³-hybridized carbons (Fsp3) is 0.609. The highest BCUT2D eigenvalue weighted by Crippen LogP contribution is 2.49.